The largest absolute Gasteiger partial charge is 0.383 e. The maximum absolute atomic E-state index is 5.05. The van der Waals surface area contributed by atoms with Gasteiger partial charge >= 0.3 is 0 Å². The Morgan fingerprint density at radius 2 is 2.14 bits per heavy atom. The number of thiophene rings is 1. The first-order valence-corrected chi connectivity index (χ1v) is 8.09. The highest BCUT2D eigenvalue weighted by molar-refractivity contribution is 7.07. The highest BCUT2D eigenvalue weighted by atomic mass is 32.1. The average molecular weight is 300 g/mol. The normalized spacial score (nSPS) is 11.3. The van der Waals surface area contributed by atoms with Gasteiger partial charge in [-0.15, -0.1) is 0 Å². The molecule has 4 heteroatoms. The van der Waals surface area contributed by atoms with Gasteiger partial charge in [0.15, 0.2) is 0 Å². The van der Waals surface area contributed by atoms with E-state index in [2.05, 4.69) is 57.2 Å². The molecule has 0 bridgehead atoms. The Morgan fingerprint density at radius 3 is 2.95 bits per heavy atom. The molecule has 0 unspecified atom stereocenters. The summed E-state index contributed by atoms with van der Waals surface area (Å²) in [6.45, 7) is 3.44. The van der Waals surface area contributed by atoms with Gasteiger partial charge in [0, 0.05) is 38.5 Å². The molecule has 3 aromatic rings. The summed E-state index contributed by atoms with van der Waals surface area (Å²) < 4.78 is 7.37. The van der Waals surface area contributed by atoms with E-state index in [1.54, 1.807) is 18.4 Å². The van der Waals surface area contributed by atoms with Crippen molar-refractivity contribution in [2.45, 2.75) is 13.1 Å². The molecular weight excluding hydrogens is 280 g/mol. The van der Waals surface area contributed by atoms with Crippen LogP contribution >= 0.6 is 11.3 Å². The molecule has 0 aliphatic carbocycles. The van der Waals surface area contributed by atoms with Gasteiger partial charge in [-0.2, -0.15) is 11.3 Å². The number of benzene rings is 1. The number of ether oxygens (including phenoxy) is 1. The van der Waals surface area contributed by atoms with E-state index in [4.69, 9.17) is 4.74 Å². The van der Waals surface area contributed by atoms with Gasteiger partial charge in [0.2, 0.25) is 0 Å². The summed E-state index contributed by atoms with van der Waals surface area (Å²) in [5, 5.41) is 9.03. The van der Waals surface area contributed by atoms with Crippen LogP contribution in [-0.2, 0) is 17.8 Å². The third-order valence-corrected chi connectivity index (χ3v) is 4.32. The van der Waals surface area contributed by atoms with Crippen molar-refractivity contribution in [3.8, 4) is 0 Å². The minimum atomic E-state index is 0.747. The van der Waals surface area contributed by atoms with Crippen molar-refractivity contribution in [3.63, 3.8) is 0 Å². The maximum atomic E-state index is 5.05. The van der Waals surface area contributed by atoms with E-state index in [1.807, 2.05) is 0 Å². The number of rotatable bonds is 7. The summed E-state index contributed by atoms with van der Waals surface area (Å²) in [6, 6.07) is 11.0. The van der Waals surface area contributed by atoms with E-state index in [-0.39, 0.29) is 0 Å². The molecule has 0 amide bonds. The molecule has 0 fully saturated rings. The van der Waals surface area contributed by atoms with Crippen molar-refractivity contribution in [1.29, 1.82) is 0 Å². The third-order valence-electron chi connectivity index (χ3n) is 3.58. The van der Waals surface area contributed by atoms with Crippen molar-refractivity contribution in [2.24, 2.45) is 0 Å². The number of nitrogens with zero attached hydrogens (tertiary/aromatic N) is 1. The molecule has 0 saturated heterocycles. The molecular formula is C17H20N2OS. The molecule has 3 nitrogen and oxygen atoms in total. The fourth-order valence-electron chi connectivity index (χ4n) is 2.46. The zero-order valence-electron chi connectivity index (χ0n) is 12.2. The van der Waals surface area contributed by atoms with Gasteiger partial charge in [0.05, 0.1) is 6.61 Å². The predicted molar refractivity (Wildman–Crippen MR) is 88.9 cm³/mol. The van der Waals surface area contributed by atoms with Crippen molar-refractivity contribution >= 4 is 22.2 Å². The van der Waals surface area contributed by atoms with Gasteiger partial charge in [-0.3, -0.25) is 0 Å². The second-order valence-electron chi connectivity index (χ2n) is 5.14. The zero-order chi connectivity index (χ0) is 14.5. The summed E-state index contributed by atoms with van der Waals surface area (Å²) in [4.78, 5) is 0. The van der Waals surface area contributed by atoms with Crippen LogP contribution in [0.4, 0.5) is 0 Å². The first-order valence-electron chi connectivity index (χ1n) is 7.15. The molecule has 3 rings (SSSR count). The Hall–Kier alpha value is -1.62. The summed E-state index contributed by atoms with van der Waals surface area (Å²) in [5.41, 5.74) is 3.97. The van der Waals surface area contributed by atoms with Gasteiger partial charge in [0.1, 0.15) is 0 Å². The molecule has 0 aliphatic rings. The molecule has 2 aromatic heterocycles. The molecule has 0 atom stereocenters. The minimum absolute atomic E-state index is 0.747. The van der Waals surface area contributed by atoms with Crippen LogP contribution in [0.2, 0.25) is 0 Å². The standard InChI is InChI=1S/C17H20N2OS/c1-20-8-6-18-11-14-2-3-16-4-7-19(17(16)10-14)12-15-5-9-21-13-15/h2-5,7,9-10,13,18H,6,8,11-12H2,1H3. The Bertz CT molecular complexity index is 688. The van der Waals surface area contributed by atoms with Crippen molar-refractivity contribution in [1.82, 2.24) is 9.88 Å². The number of hydrogen-bond acceptors (Lipinski definition) is 3. The Kier molecular flexibility index (Phi) is 4.70. The number of fused-ring (bicyclic) bond motifs is 1. The SMILES string of the molecule is COCCNCc1ccc2ccn(Cc3ccsc3)c2c1. The zero-order valence-corrected chi connectivity index (χ0v) is 13.0. The fourth-order valence-corrected chi connectivity index (χ4v) is 3.12. The Balaban J connectivity index is 1.75. The molecule has 1 aromatic carbocycles. The molecule has 0 aliphatic heterocycles. The summed E-state index contributed by atoms with van der Waals surface area (Å²) in [7, 11) is 1.73. The Morgan fingerprint density at radius 1 is 1.19 bits per heavy atom. The van der Waals surface area contributed by atoms with E-state index < -0.39 is 0 Å². The van der Waals surface area contributed by atoms with Crippen LogP contribution in [0.1, 0.15) is 11.1 Å². The number of hydrogen-bond donors (Lipinski definition) is 1. The third kappa shape index (κ3) is 3.53. The molecule has 110 valence electrons. The van der Waals surface area contributed by atoms with E-state index in [1.165, 1.54) is 22.0 Å². The van der Waals surface area contributed by atoms with Crippen molar-refractivity contribution in [2.75, 3.05) is 20.3 Å². The predicted octanol–water partition coefficient (Wildman–Crippen LogP) is 3.49. The first-order chi connectivity index (χ1) is 10.4. The van der Waals surface area contributed by atoms with Crippen molar-refractivity contribution in [3.05, 3.63) is 58.4 Å². The van der Waals surface area contributed by atoms with Crippen LogP contribution in [0.25, 0.3) is 10.9 Å². The number of aromatic nitrogens is 1. The van der Waals surface area contributed by atoms with Crippen LogP contribution in [0.15, 0.2) is 47.3 Å². The quantitative estimate of drug-likeness (QED) is 0.676. The van der Waals surface area contributed by atoms with Crippen LogP contribution in [-0.4, -0.2) is 24.8 Å². The number of nitrogens with one attached hydrogen (secondary N) is 1. The van der Waals surface area contributed by atoms with Gasteiger partial charge in [-0.05, 0) is 45.5 Å². The van der Waals surface area contributed by atoms with Crippen molar-refractivity contribution < 1.29 is 4.74 Å². The minimum Gasteiger partial charge on any atom is -0.383 e. The lowest BCUT2D eigenvalue weighted by Gasteiger charge is -2.07. The molecule has 0 saturated carbocycles. The Labute approximate surface area is 129 Å². The maximum Gasteiger partial charge on any atom is 0.0587 e. The lowest BCUT2D eigenvalue weighted by atomic mass is 10.1. The van der Waals surface area contributed by atoms with E-state index in [0.29, 0.717) is 0 Å². The van der Waals surface area contributed by atoms with Gasteiger partial charge in [-0.25, -0.2) is 0 Å². The van der Waals surface area contributed by atoms with E-state index in [0.717, 1.165) is 26.2 Å². The highest BCUT2D eigenvalue weighted by Gasteiger charge is 2.03. The monoisotopic (exact) mass is 300 g/mol. The van der Waals surface area contributed by atoms with Gasteiger partial charge in [-0.1, -0.05) is 12.1 Å². The van der Waals surface area contributed by atoms with Crippen LogP contribution in [0.3, 0.4) is 0 Å². The second kappa shape index (κ2) is 6.89. The molecule has 21 heavy (non-hydrogen) atoms. The molecule has 2 heterocycles. The first kappa shape index (κ1) is 14.3. The summed E-state index contributed by atoms with van der Waals surface area (Å²) in [6.07, 6.45) is 2.17. The lowest BCUT2D eigenvalue weighted by molar-refractivity contribution is 0.199. The van der Waals surface area contributed by atoms with Crippen LogP contribution in [0, 0.1) is 0 Å². The fraction of sp³-hybridized carbons (Fsp3) is 0.294. The topological polar surface area (TPSA) is 26.2 Å². The van der Waals surface area contributed by atoms with E-state index >= 15 is 0 Å². The molecule has 0 spiro atoms. The average Bonchev–Trinajstić information content (AvgIpc) is 3.14. The number of methoxy groups -OCH3 is 1. The lowest BCUT2D eigenvalue weighted by Crippen LogP contribution is -2.18. The van der Waals surface area contributed by atoms with Crippen LogP contribution in [0.5, 0.6) is 0 Å². The van der Waals surface area contributed by atoms with E-state index in [9.17, 15) is 0 Å². The smallest absolute Gasteiger partial charge is 0.0587 e. The summed E-state index contributed by atoms with van der Waals surface area (Å²) >= 11 is 1.75. The van der Waals surface area contributed by atoms with Gasteiger partial charge in [0.25, 0.3) is 0 Å². The van der Waals surface area contributed by atoms with Gasteiger partial charge < -0.3 is 14.6 Å². The summed E-state index contributed by atoms with van der Waals surface area (Å²) in [5.74, 6) is 0. The molecule has 0 radical (unpaired) electrons. The highest BCUT2D eigenvalue weighted by Crippen LogP contribution is 2.20. The molecule has 1 N–H and O–H groups in total. The van der Waals surface area contributed by atoms with Crippen LogP contribution < -0.4 is 5.32 Å². The second-order valence-corrected chi connectivity index (χ2v) is 5.92.